The van der Waals surface area contributed by atoms with Crippen molar-refractivity contribution in [3.63, 3.8) is 0 Å². The Morgan fingerprint density at radius 3 is 3.00 bits per heavy atom. The minimum atomic E-state index is -0.605. The molecule has 10 heavy (non-hydrogen) atoms. The van der Waals surface area contributed by atoms with Crippen LogP contribution in [0.2, 0.25) is 0 Å². The number of nitrogens with zero attached hydrogens (tertiary/aromatic N) is 1. The van der Waals surface area contributed by atoms with Gasteiger partial charge in [-0.25, -0.2) is 9.45 Å². The molecule has 1 amide bonds. The number of alkyl halides is 1. The van der Waals surface area contributed by atoms with E-state index in [0.29, 0.717) is 0 Å². The second-order valence-corrected chi connectivity index (χ2v) is 2.03. The van der Waals surface area contributed by atoms with Crippen molar-refractivity contribution in [3.8, 4) is 0 Å². The molecule has 1 aliphatic rings. The van der Waals surface area contributed by atoms with Gasteiger partial charge in [0.2, 0.25) is 0 Å². The lowest BCUT2D eigenvalue weighted by Gasteiger charge is -2.10. The van der Waals surface area contributed by atoms with Crippen LogP contribution in [0.25, 0.3) is 0 Å². The maximum atomic E-state index is 11.6. The summed E-state index contributed by atoms with van der Waals surface area (Å²) in [6, 6.07) is -0.605. The Bertz CT molecular complexity index is 140. The first-order chi connectivity index (χ1) is 4.75. The highest BCUT2D eigenvalue weighted by Crippen LogP contribution is 2.04. The van der Waals surface area contributed by atoms with Crippen LogP contribution in [0.1, 0.15) is 0 Å². The van der Waals surface area contributed by atoms with E-state index in [2.05, 4.69) is 0 Å². The van der Waals surface area contributed by atoms with Crippen LogP contribution in [-0.4, -0.2) is 36.8 Å². The van der Waals surface area contributed by atoms with Crippen LogP contribution in [-0.2, 0) is 9.63 Å². The highest BCUT2D eigenvalue weighted by atomic mass is 19.1. The van der Waals surface area contributed by atoms with Gasteiger partial charge in [0.1, 0.15) is 12.7 Å². The molecule has 0 aliphatic carbocycles. The van der Waals surface area contributed by atoms with Crippen LogP contribution >= 0.6 is 0 Å². The zero-order valence-corrected chi connectivity index (χ0v) is 5.42. The van der Waals surface area contributed by atoms with Gasteiger partial charge in [-0.1, -0.05) is 0 Å². The van der Waals surface area contributed by atoms with Crippen molar-refractivity contribution >= 4 is 5.91 Å². The van der Waals surface area contributed by atoms with Gasteiger partial charge in [0.25, 0.3) is 5.91 Å². The average Bonchev–Trinajstić information content (AvgIpc) is 2.20. The Hall–Kier alpha value is -0.680. The molecule has 5 heteroatoms. The molecule has 0 bridgehead atoms. The lowest BCUT2D eigenvalue weighted by molar-refractivity contribution is -0.162. The summed E-state index contributed by atoms with van der Waals surface area (Å²) in [5.41, 5.74) is 5.26. The van der Waals surface area contributed by atoms with Crippen molar-refractivity contribution in [1.29, 1.82) is 0 Å². The first-order valence-electron chi connectivity index (χ1n) is 3.01. The minimum absolute atomic E-state index is 0.0213. The summed E-state index contributed by atoms with van der Waals surface area (Å²) in [5, 5.41) is 0.963. The molecule has 1 atom stereocenters. The molecule has 1 rings (SSSR count). The standard InChI is InChI=1S/C5H9FN2O2/c6-1-2-8-5(9)4(7)3-10-8/h4H,1-3,7H2/t4-/m0/s1. The molecule has 0 saturated carbocycles. The van der Waals surface area contributed by atoms with E-state index in [1.54, 1.807) is 0 Å². The van der Waals surface area contributed by atoms with Gasteiger partial charge in [0, 0.05) is 0 Å². The average molecular weight is 148 g/mol. The molecule has 1 fully saturated rings. The maximum Gasteiger partial charge on any atom is 0.265 e. The molecule has 2 N–H and O–H groups in total. The summed E-state index contributed by atoms with van der Waals surface area (Å²) in [6.45, 7) is -0.455. The number of hydrogen-bond donors (Lipinski definition) is 1. The lowest BCUT2D eigenvalue weighted by atomic mass is 10.3. The molecule has 0 aromatic heterocycles. The number of halogens is 1. The van der Waals surface area contributed by atoms with Crippen LogP contribution in [0.5, 0.6) is 0 Å². The number of rotatable bonds is 2. The van der Waals surface area contributed by atoms with E-state index < -0.39 is 12.7 Å². The summed E-state index contributed by atoms with van der Waals surface area (Å²) >= 11 is 0. The summed E-state index contributed by atoms with van der Waals surface area (Å²) in [4.78, 5) is 15.5. The van der Waals surface area contributed by atoms with Crippen LogP contribution in [0, 0.1) is 0 Å². The molecule has 0 unspecified atom stereocenters. The van der Waals surface area contributed by atoms with Crippen LogP contribution in [0.3, 0.4) is 0 Å². The second-order valence-electron chi connectivity index (χ2n) is 2.03. The van der Waals surface area contributed by atoms with Crippen molar-refractivity contribution in [3.05, 3.63) is 0 Å². The third-order valence-corrected chi connectivity index (χ3v) is 1.26. The van der Waals surface area contributed by atoms with E-state index in [4.69, 9.17) is 10.6 Å². The molecule has 58 valence electrons. The SMILES string of the molecule is N[C@H]1CON(CCF)C1=O. The summed E-state index contributed by atoms with van der Waals surface area (Å²) in [5.74, 6) is -0.336. The zero-order valence-electron chi connectivity index (χ0n) is 5.42. The van der Waals surface area contributed by atoms with Crippen LogP contribution < -0.4 is 5.73 Å². The molecule has 0 aromatic rings. The van der Waals surface area contributed by atoms with Gasteiger partial charge in [-0.15, -0.1) is 0 Å². The molecular formula is C5H9FN2O2. The molecular weight excluding hydrogens is 139 g/mol. The van der Waals surface area contributed by atoms with Crippen molar-refractivity contribution in [2.45, 2.75) is 6.04 Å². The third kappa shape index (κ3) is 1.25. The normalized spacial score (nSPS) is 26.0. The van der Waals surface area contributed by atoms with E-state index in [1.165, 1.54) is 0 Å². The monoisotopic (exact) mass is 148 g/mol. The molecule has 4 nitrogen and oxygen atoms in total. The smallest absolute Gasteiger partial charge is 0.265 e. The predicted octanol–water partition coefficient (Wildman–Crippen LogP) is -0.943. The molecule has 1 saturated heterocycles. The lowest BCUT2D eigenvalue weighted by Crippen LogP contribution is -2.35. The topological polar surface area (TPSA) is 55.6 Å². The van der Waals surface area contributed by atoms with Crippen LogP contribution in [0.15, 0.2) is 0 Å². The van der Waals surface area contributed by atoms with Gasteiger partial charge in [-0.05, 0) is 0 Å². The molecule has 0 aromatic carbocycles. The van der Waals surface area contributed by atoms with E-state index in [1.807, 2.05) is 0 Å². The Morgan fingerprint density at radius 2 is 2.60 bits per heavy atom. The Morgan fingerprint density at radius 1 is 1.90 bits per heavy atom. The fraction of sp³-hybridized carbons (Fsp3) is 0.800. The third-order valence-electron chi connectivity index (χ3n) is 1.26. The first kappa shape index (κ1) is 7.43. The van der Waals surface area contributed by atoms with Crippen molar-refractivity contribution < 1.29 is 14.0 Å². The summed E-state index contributed by atoms with van der Waals surface area (Å²) in [7, 11) is 0. The van der Waals surface area contributed by atoms with Gasteiger partial charge in [0.05, 0.1) is 13.2 Å². The fourth-order valence-corrected chi connectivity index (χ4v) is 0.742. The van der Waals surface area contributed by atoms with Gasteiger partial charge >= 0.3 is 0 Å². The van der Waals surface area contributed by atoms with E-state index in [-0.39, 0.29) is 19.1 Å². The number of hydrogen-bond acceptors (Lipinski definition) is 3. The Labute approximate surface area is 57.7 Å². The predicted molar refractivity (Wildman–Crippen MR) is 31.6 cm³/mol. The number of nitrogens with two attached hydrogens (primary N) is 1. The first-order valence-corrected chi connectivity index (χ1v) is 3.01. The van der Waals surface area contributed by atoms with Crippen molar-refractivity contribution in [1.82, 2.24) is 5.06 Å². The van der Waals surface area contributed by atoms with Gasteiger partial charge in [0.15, 0.2) is 0 Å². The zero-order chi connectivity index (χ0) is 7.56. The number of carbonyl (C=O) groups is 1. The largest absolute Gasteiger partial charge is 0.318 e. The maximum absolute atomic E-state index is 11.6. The number of hydroxylamine groups is 2. The van der Waals surface area contributed by atoms with Crippen molar-refractivity contribution in [2.24, 2.45) is 5.73 Å². The molecule has 1 aliphatic heterocycles. The Kier molecular flexibility index (Phi) is 2.18. The van der Waals surface area contributed by atoms with Gasteiger partial charge in [-0.3, -0.25) is 9.63 Å². The van der Waals surface area contributed by atoms with Crippen molar-refractivity contribution in [2.75, 3.05) is 19.8 Å². The molecule has 0 radical (unpaired) electrons. The second kappa shape index (κ2) is 2.94. The van der Waals surface area contributed by atoms with Crippen LogP contribution in [0.4, 0.5) is 4.39 Å². The summed E-state index contributed by atoms with van der Waals surface area (Å²) < 4.78 is 11.6. The van der Waals surface area contributed by atoms with E-state index in [0.717, 1.165) is 5.06 Å². The van der Waals surface area contributed by atoms with E-state index in [9.17, 15) is 9.18 Å². The summed E-state index contributed by atoms with van der Waals surface area (Å²) in [6.07, 6.45) is 0. The molecule has 0 spiro atoms. The van der Waals surface area contributed by atoms with E-state index >= 15 is 0 Å². The number of carbonyl (C=O) groups excluding carboxylic acids is 1. The minimum Gasteiger partial charge on any atom is -0.318 e. The number of amides is 1. The highest BCUT2D eigenvalue weighted by molar-refractivity contribution is 5.82. The Balaban J connectivity index is 2.41. The van der Waals surface area contributed by atoms with Gasteiger partial charge < -0.3 is 5.73 Å². The fourth-order valence-electron chi connectivity index (χ4n) is 0.742. The highest BCUT2D eigenvalue weighted by Gasteiger charge is 2.29. The molecule has 1 heterocycles. The quantitative estimate of drug-likeness (QED) is 0.549. The van der Waals surface area contributed by atoms with Gasteiger partial charge in [-0.2, -0.15) is 0 Å².